The molecule has 0 saturated carbocycles. The number of hydrogen-bond donors (Lipinski definition) is 2. The number of hydrogen-bond acceptors (Lipinski definition) is 7. The van der Waals surface area contributed by atoms with E-state index in [1.807, 2.05) is 0 Å². The molecular weight excluding hydrogens is 703 g/mol. The predicted molar refractivity (Wildman–Crippen MR) is 231 cm³/mol. The van der Waals surface area contributed by atoms with E-state index in [0.29, 0.717) is 13.2 Å². The Kier molecular flexibility index (Phi) is 33.0. The quantitative estimate of drug-likeness (QED) is 0.0125. The van der Waals surface area contributed by atoms with Gasteiger partial charge in [0.05, 0.1) is 13.2 Å². The molecule has 1 heterocycles. The van der Waals surface area contributed by atoms with Crippen molar-refractivity contribution in [3.63, 3.8) is 0 Å². The summed E-state index contributed by atoms with van der Waals surface area (Å²) in [5.41, 5.74) is 2.38. The van der Waals surface area contributed by atoms with Gasteiger partial charge >= 0.3 is 12.1 Å². The second kappa shape index (κ2) is 36.3. The summed E-state index contributed by atoms with van der Waals surface area (Å²) in [5, 5.41) is 13.3. The van der Waals surface area contributed by atoms with E-state index in [9.17, 15) is 19.5 Å². The molecular formula is C48H81NO7. The highest BCUT2D eigenvalue weighted by Crippen LogP contribution is 2.19. The molecule has 8 heteroatoms. The van der Waals surface area contributed by atoms with Crippen LogP contribution >= 0.6 is 0 Å². The number of ketones is 1. The van der Waals surface area contributed by atoms with Crippen LogP contribution in [0.25, 0.3) is 0 Å². The van der Waals surface area contributed by atoms with Gasteiger partial charge in [-0.3, -0.25) is 4.79 Å². The fraction of sp³-hybridized carbons (Fsp3) is 0.771. The van der Waals surface area contributed by atoms with Gasteiger partial charge in [-0.15, -0.1) is 11.8 Å². The van der Waals surface area contributed by atoms with Crippen molar-refractivity contribution in [3.8, 4) is 11.8 Å². The molecule has 1 unspecified atom stereocenters. The van der Waals surface area contributed by atoms with Crippen LogP contribution in [0.4, 0.5) is 4.79 Å². The number of aliphatic hydroxyl groups excluding tert-OH is 1. The number of cyclic esters (lactones) is 1. The summed E-state index contributed by atoms with van der Waals surface area (Å²) in [4.78, 5) is 36.5. The summed E-state index contributed by atoms with van der Waals surface area (Å²) in [6.45, 7) is 9.50. The van der Waals surface area contributed by atoms with Gasteiger partial charge in [0.1, 0.15) is 17.4 Å². The lowest BCUT2D eigenvalue weighted by Gasteiger charge is -2.18. The predicted octanol–water partition coefficient (Wildman–Crippen LogP) is 12.9. The van der Waals surface area contributed by atoms with Crippen LogP contribution in [-0.4, -0.2) is 55.4 Å². The Morgan fingerprint density at radius 1 is 0.732 bits per heavy atom. The smallest absolute Gasteiger partial charge is 0.407 e. The average Bonchev–Trinajstić information content (AvgIpc) is 3.52. The first kappa shape index (κ1) is 51.0. The maximum Gasteiger partial charge on any atom is 0.407 e. The number of allylic oxidation sites excluding steroid dienone is 4. The first-order valence-corrected chi connectivity index (χ1v) is 22.7. The minimum atomic E-state index is -0.819. The van der Waals surface area contributed by atoms with Gasteiger partial charge in [-0.05, 0) is 65.2 Å². The van der Waals surface area contributed by atoms with Crippen LogP contribution in [0.5, 0.6) is 0 Å². The van der Waals surface area contributed by atoms with Crippen molar-refractivity contribution in [1.82, 2.24) is 5.32 Å². The Bertz CT molecular complexity index is 1190. The zero-order chi connectivity index (χ0) is 40.9. The van der Waals surface area contributed by atoms with Gasteiger partial charge in [0.15, 0.2) is 6.61 Å². The Morgan fingerprint density at radius 2 is 1.27 bits per heavy atom. The van der Waals surface area contributed by atoms with Crippen LogP contribution < -0.4 is 5.32 Å². The topological polar surface area (TPSA) is 111 Å². The molecule has 0 bridgehead atoms. The Balaban J connectivity index is 2.35. The average molecular weight is 784 g/mol. The number of esters is 1. The summed E-state index contributed by atoms with van der Waals surface area (Å²) in [6.07, 6.45) is 35.0. The molecule has 0 radical (unpaired) electrons. The number of carbonyl (C=O) groups excluding carboxylic acids is 3. The zero-order valence-corrected chi connectivity index (χ0v) is 36.3. The number of alkyl carbamates (subject to hydrolysis) is 1. The third kappa shape index (κ3) is 29.2. The highest BCUT2D eigenvalue weighted by molar-refractivity contribution is 6.22. The second-order valence-corrected chi connectivity index (χ2v) is 15.8. The van der Waals surface area contributed by atoms with E-state index in [1.54, 1.807) is 0 Å². The van der Waals surface area contributed by atoms with E-state index in [4.69, 9.17) is 14.2 Å². The second-order valence-electron chi connectivity index (χ2n) is 15.8. The molecule has 1 fully saturated rings. The van der Waals surface area contributed by atoms with Crippen molar-refractivity contribution < 1.29 is 33.7 Å². The number of ether oxygens (including phenoxy) is 3. The molecule has 2 N–H and O–H groups in total. The molecule has 56 heavy (non-hydrogen) atoms. The van der Waals surface area contributed by atoms with E-state index >= 15 is 0 Å². The molecule has 320 valence electrons. The Hall–Kier alpha value is -3.05. The van der Waals surface area contributed by atoms with Crippen LogP contribution in [0.3, 0.4) is 0 Å². The standard InChI is InChI=1S/C48H81NO7/c1-5-7-9-11-13-15-16-17-18-19-20-21-23-25-27-29-37-49-48(53)56-43(34-35-44(50)46-45(51)40-55-47(46)52)39-54-38-36-42(4)33-30-32-41(3)31-28-26-24-22-14-12-10-8-6-2/h32,36,43,50H,5-16,19-31,33-35,37-40H2,1-4H3,(H,49,53)/b41-32-,42-36+,46-44?. The normalized spacial score (nSPS) is 14.7. The van der Waals surface area contributed by atoms with Crippen LogP contribution in [0, 0.1) is 11.8 Å². The number of Topliss-reactive ketones (excluding diaryl/α,β-unsaturated/α-hetero) is 1. The van der Waals surface area contributed by atoms with Crippen molar-refractivity contribution in [2.45, 2.75) is 214 Å². The monoisotopic (exact) mass is 784 g/mol. The Morgan fingerprint density at radius 3 is 1.84 bits per heavy atom. The molecule has 0 aromatic heterocycles. The lowest BCUT2D eigenvalue weighted by molar-refractivity contribution is -0.135. The number of aliphatic hydroxyl groups is 1. The molecule has 1 amide bonds. The maximum absolute atomic E-state index is 12.7. The van der Waals surface area contributed by atoms with Crippen LogP contribution in [-0.2, 0) is 23.8 Å². The van der Waals surface area contributed by atoms with E-state index in [1.165, 1.54) is 127 Å². The highest BCUT2D eigenvalue weighted by Gasteiger charge is 2.32. The molecule has 0 aliphatic carbocycles. The first-order valence-electron chi connectivity index (χ1n) is 22.7. The van der Waals surface area contributed by atoms with Gasteiger partial charge in [-0.1, -0.05) is 146 Å². The van der Waals surface area contributed by atoms with Gasteiger partial charge in [0.2, 0.25) is 5.78 Å². The minimum Gasteiger partial charge on any atom is -0.511 e. The number of unbranched alkanes of at least 4 members (excludes halogenated alkanes) is 20. The lowest BCUT2D eigenvalue weighted by Crippen LogP contribution is -2.32. The minimum absolute atomic E-state index is 0.0121. The van der Waals surface area contributed by atoms with Crippen molar-refractivity contribution in [2.24, 2.45) is 0 Å². The molecule has 1 rings (SSSR count). The van der Waals surface area contributed by atoms with E-state index in [2.05, 4.69) is 57.0 Å². The summed E-state index contributed by atoms with van der Waals surface area (Å²) in [5.74, 6) is 4.95. The third-order valence-corrected chi connectivity index (χ3v) is 10.4. The van der Waals surface area contributed by atoms with Crippen molar-refractivity contribution in [2.75, 3.05) is 26.4 Å². The molecule has 0 aromatic carbocycles. The van der Waals surface area contributed by atoms with Gasteiger partial charge in [-0.2, -0.15) is 0 Å². The van der Waals surface area contributed by atoms with Gasteiger partial charge in [0, 0.05) is 25.8 Å². The van der Waals surface area contributed by atoms with Gasteiger partial charge < -0.3 is 24.6 Å². The molecule has 1 aliphatic rings. The van der Waals surface area contributed by atoms with E-state index in [0.717, 1.165) is 51.4 Å². The fourth-order valence-corrected chi connectivity index (χ4v) is 6.73. The zero-order valence-electron chi connectivity index (χ0n) is 36.3. The summed E-state index contributed by atoms with van der Waals surface area (Å²) in [7, 11) is 0. The molecule has 0 spiro atoms. The Labute approximate surface area is 342 Å². The molecule has 0 aromatic rings. The number of carbonyl (C=O) groups is 3. The van der Waals surface area contributed by atoms with Crippen molar-refractivity contribution in [1.29, 1.82) is 0 Å². The first-order chi connectivity index (χ1) is 27.3. The lowest BCUT2D eigenvalue weighted by atomic mass is 10.0. The van der Waals surface area contributed by atoms with Gasteiger partial charge in [0.25, 0.3) is 0 Å². The molecule has 8 nitrogen and oxygen atoms in total. The number of amides is 1. The van der Waals surface area contributed by atoms with Crippen LogP contribution in [0.1, 0.15) is 207 Å². The van der Waals surface area contributed by atoms with Crippen molar-refractivity contribution in [3.05, 3.63) is 34.6 Å². The van der Waals surface area contributed by atoms with Crippen molar-refractivity contribution >= 4 is 17.8 Å². The molecule has 1 atom stereocenters. The fourth-order valence-electron chi connectivity index (χ4n) is 6.73. The maximum atomic E-state index is 12.7. The highest BCUT2D eigenvalue weighted by atomic mass is 16.6. The van der Waals surface area contributed by atoms with E-state index < -0.39 is 23.9 Å². The third-order valence-electron chi connectivity index (χ3n) is 10.4. The summed E-state index contributed by atoms with van der Waals surface area (Å²) < 4.78 is 16.3. The van der Waals surface area contributed by atoms with Gasteiger partial charge in [-0.25, -0.2) is 9.59 Å². The SMILES string of the molecule is CCCCCCCCC#CCCCCCCCCNC(=O)OC(CCC(O)=C1C(=O)COC1=O)COC/C=C(\C)CC/C=C(/C)CCCCCCCCCCC. The number of nitrogens with one attached hydrogen (secondary N) is 1. The number of rotatable bonds is 35. The summed E-state index contributed by atoms with van der Waals surface area (Å²) in [6, 6.07) is 0. The molecule has 1 saturated heterocycles. The van der Waals surface area contributed by atoms with Crippen LogP contribution in [0.15, 0.2) is 34.6 Å². The largest absolute Gasteiger partial charge is 0.511 e. The summed E-state index contributed by atoms with van der Waals surface area (Å²) >= 11 is 0. The van der Waals surface area contributed by atoms with E-state index in [-0.39, 0.29) is 37.4 Å². The molecule has 1 aliphatic heterocycles. The van der Waals surface area contributed by atoms with Crippen LogP contribution in [0.2, 0.25) is 0 Å².